The molecule has 0 spiro atoms. The summed E-state index contributed by atoms with van der Waals surface area (Å²) < 4.78 is 44.1. The largest absolute Gasteiger partial charge is 0.483 e. The van der Waals surface area contributed by atoms with Gasteiger partial charge in [-0.25, -0.2) is 0 Å². The molecule has 7 nitrogen and oxygen atoms in total. The van der Waals surface area contributed by atoms with Gasteiger partial charge in [-0.15, -0.1) is 0 Å². The van der Waals surface area contributed by atoms with Gasteiger partial charge >= 0.3 is 6.18 Å². The summed E-state index contributed by atoms with van der Waals surface area (Å²) in [6.45, 7) is 0.840. The lowest BCUT2D eigenvalue weighted by atomic mass is 10.1. The number of hydrogen-bond acceptors (Lipinski definition) is 4. The Labute approximate surface area is 180 Å². The van der Waals surface area contributed by atoms with E-state index in [-0.39, 0.29) is 17.0 Å². The number of nitrogens with zero attached hydrogens (tertiary/aromatic N) is 1. The molecule has 0 atom stereocenters. The number of alkyl halides is 3. The first-order valence-electron chi connectivity index (χ1n) is 8.82. The minimum Gasteiger partial charge on any atom is -0.483 e. The number of aryl methyl sites for hydroxylation is 1. The zero-order valence-corrected chi connectivity index (χ0v) is 17.3. The van der Waals surface area contributed by atoms with Crippen LogP contribution < -0.4 is 15.8 Å². The summed E-state index contributed by atoms with van der Waals surface area (Å²) in [5, 5.41) is 1.78. The van der Waals surface area contributed by atoms with Gasteiger partial charge < -0.3 is 20.7 Å². The Balaban J connectivity index is 1.97. The Kier molecular flexibility index (Phi) is 7.50. The van der Waals surface area contributed by atoms with Crippen molar-refractivity contribution in [3.63, 3.8) is 0 Å². The number of primary amides is 1. The van der Waals surface area contributed by atoms with E-state index in [2.05, 4.69) is 5.32 Å². The zero-order valence-electron chi connectivity index (χ0n) is 16.5. The molecule has 2 aromatic rings. The number of hydrogen-bond donors (Lipinski definition) is 2. The van der Waals surface area contributed by atoms with Gasteiger partial charge in [0.15, 0.2) is 6.61 Å². The van der Waals surface area contributed by atoms with E-state index in [1.165, 1.54) is 19.2 Å². The molecular formula is C20H19ClF3N3O4. The molecule has 0 unspecified atom stereocenters. The average Bonchev–Trinajstić information content (AvgIpc) is 2.66. The van der Waals surface area contributed by atoms with Gasteiger partial charge in [0.1, 0.15) is 5.75 Å². The van der Waals surface area contributed by atoms with Crippen molar-refractivity contribution in [1.29, 1.82) is 0 Å². The third kappa shape index (κ3) is 6.61. The molecule has 2 aromatic carbocycles. The Morgan fingerprint density at radius 1 is 1.16 bits per heavy atom. The highest BCUT2D eigenvalue weighted by molar-refractivity contribution is 6.31. The lowest BCUT2D eigenvalue weighted by molar-refractivity contribution is -0.137. The van der Waals surface area contributed by atoms with E-state index in [0.717, 1.165) is 16.5 Å². The maximum atomic E-state index is 12.9. The molecule has 3 N–H and O–H groups in total. The molecule has 11 heteroatoms. The van der Waals surface area contributed by atoms with Crippen LogP contribution in [0.3, 0.4) is 0 Å². The molecule has 166 valence electrons. The van der Waals surface area contributed by atoms with Crippen molar-refractivity contribution < 1.29 is 32.3 Å². The minimum absolute atomic E-state index is 0.0991. The van der Waals surface area contributed by atoms with Gasteiger partial charge in [0, 0.05) is 12.7 Å². The predicted octanol–water partition coefficient (Wildman–Crippen LogP) is 3.24. The number of halogens is 4. The van der Waals surface area contributed by atoms with E-state index in [9.17, 15) is 27.6 Å². The summed E-state index contributed by atoms with van der Waals surface area (Å²) in [5.74, 6) is -1.92. The smallest absolute Gasteiger partial charge is 0.417 e. The minimum atomic E-state index is -4.68. The highest BCUT2D eigenvalue weighted by Crippen LogP contribution is 2.36. The molecule has 3 amide bonds. The number of ether oxygens (including phenoxy) is 1. The highest BCUT2D eigenvalue weighted by atomic mass is 35.5. The monoisotopic (exact) mass is 457 g/mol. The quantitative estimate of drug-likeness (QED) is 0.666. The fourth-order valence-electron chi connectivity index (χ4n) is 2.53. The Hall–Kier alpha value is -3.27. The first-order valence-corrected chi connectivity index (χ1v) is 9.20. The summed E-state index contributed by atoms with van der Waals surface area (Å²) in [4.78, 5) is 36.8. The van der Waals surface area contributed by atoms with Crippen molar-refractivity contribution >= 4 is 35.0 Å². The number of carbonyl (C=O) groups excluding carboxylic acids is 3. The first-order chi connectivity index (χ1) is 14.4. The number of anilines is 1. The number of likely N-dealkylation sites (N-methyl/N-ethyl adjacent to an activating group) is 1. The molecule has 0 heterocycles. The van der Waals surface area contributed by atoms with Crippen LogP contribution in [0.15, 0.2) is 36.4 Å². The zero-order chi connectivity index (χ0) is 23.3. The lowest BCUT2D eigenvalue weighted by Crippen LogP contribution is -2.37. The second-order valence-corrected chi connectivity index (χ2v) is 7.05. The second-order valence-electron chi connectivity index (χ2n) is 6.64. The maximum Gasteiger partial charge on any atom is 0.417 e. The molecule has 31 heavy (non-hydrogen) atoms. The van der Waals surface area contributed by atoms with Gasteiger partial charge in [-0.3, -0.25) is 14.4 Å². The molecule has 2 rings (SSSR count). The second kappa shape index (κ2) is 9.69. The number of amides is 3. The van der Waals surface area contributed by atoms with Gasteiger partial charge in [-0.05, 0) is 42.8 Å². The fraction of sp³-hybridized carbons (Fsp3) is 0.250. The molecule has 0 saturated heterocycles. The van der Waals surface area contributed by atoms with Gasteiger partial charge in [-0.2, -0.15) is 13.2 Å². The van der Waals surface area contributed by atoms with Crippen LogP contribution in [0.1, 0.15) is 21.5 Å². The lowest BCUT2D eigenvalue weighted by Gasteiger charge is -2.18. The molecular weight excluding hydrogens is 439 g/mol. The molecule has 0 saturated carbocycles. The molecule has 0 aromatic heterocycles. The highest BCUT2D eigenvalue weighted by Gasteiger charge is 2.33. The molecule has 0 aliphatic carbocycles. The Bertz CT molecular complexity index is 1010. The van der Waals surface area contributed by atoms with Crippen LogP contribution in [0.4, 0.5) is 18.9 Å². The van der Waals surface area contributed by atoms with Crippen molar-refractivity contribution in [2.24, 2.45) is 5.73 Å². The van der Waals surface area contributed by atoms with Gasteiger partial charge in [0.2, 0.25) is 5.91 Å². The average molecular weight is 458 g/mol. The molecule has 0 bridgehead atoms. The van der Waals surface area contributed by atoms with Crippen LogP contribution in [0.25, 0.3) is 0 Å². The maximum absolute atomic E-state index is 12.9. The summed E-state index contributed by atoms with van der Waals surface area (Å²) >= 11 is 5.54. The van der Waals surface area contributed by atoms with Gasteiger partial charge in [0.25, 0.3) is 11.8 Å². The summed E-state index contributed by atoms with van der Waals surface area (Å²) in [7, 11) is 1.32. The van der Waals surface area contributed by atoms with Crippen molar-refractivity contribution in [3.05, 3.63) is 58.1 Å². The molecule has 0 fully saturated rings. The van der Waals surface area contributed by atoms with Crippen LogP contribution in [-0.2, 0) is 15.8 Å². The van der Waals surface area contributed by atoms with Gasteiger partial charge in [0.05, 0.1) is 22.7 Å². The Morgan fingerprint density at radius 2 is 1.84 bits per heavy atom. The van der Waals surface area contributed by atoms with Crippen molar-refractivity contribution in [3.8, 4) is 5.75 Å². The Morgan fingerprint density at radius 3 is 2.45 bits per heavy atom. The third-order valence-electron chi connectivity index (χ3n) is 4.12. The fourth-order valence-corrected chi connectivity index (χ4v) is 2.75. The number of nitrogens with one attached hydrogen (secondary N) is 1. The summed E-state index contributed by atoms with van der Waals surface area (Å²) in [6, 6.07) is 7.60. The van der Waals surface area contributed by atoms with E-state index in [1.807, 2.05) is 0 Å². The van der Waals surface area contributed by atoms with E-state index < -0.39 is 47.6 Å². The van der Waals surface area contributed by atoms with Crippen LogP contribution >= 0.6 is 11.6 Å². The molecule has 0 radical (unpaired) electrons. The van der Waals surface area contributed by atoms with Crippen LogP contribution in [0.2, 0.25) is 5.02 Å². The first kappa shape index (κ1) is 24.0. The van der Waals surface area contributed by atoms with Crippen LogP contribution in [0, 0.1) is 6.92 Å². The predicted molar refractivity (Wildman–Crippen MR) is 108 cm³/mol. The standard InChI is InChI=1S/C20H19ClF3N3O4/c1-11-3-5-13(19(25)30)16(7-11)31-10-18(29)27(2)9-17(28)26-12-4-6-15(21)14(8-12)20(22,23)24/h3-8H,9-10H2,1-2H3,(H2,25,30)(H,26,28). The van der Waals surface area contributed by atoms with Crippen molar-refractivity contribution in [2.45, 2.75) is 13.1 Å². The van der Waals surface area contributed by atoms with Crippen LogP contribution in [0.5, 0.6) is 5.75 Å². The molecule has 0 aliphatic heterocycles. The normalized spacial score (nSPS) is 11.0. The van der Waals surface area contributed by atoms with Crippen molar-refractivity contribution in [2.75, 3.05) is 25.5 Å². The topological polar surface area (TPSA) is 102 Å². The van der Waals surface area contributed by atoms with E-state index in [0.29, 0.717) is 6.07 Å². The molecule has 0 aliphatic rings. The van der Waals surface area contributed by atoms with E-state index in [4.69, 9.17) is 22.1 Å². The number of rotatable bonds is 7. The van der Waals surface area contributed by atoms with E-state index >= 15 is 0 Å². The summed E-state index contributed by atoms with van der Waals surface area (Å²) in [6.07, 6.45) is -4.68. The third-order valence-corrected chi connectivity index (χ3v) is 4.45. The number of nitrogens with two attached hydrogens (primary N) is 1. The SMILES string of the molecule is Cc1ccc(C(N)=O)c(OCC(=O)N(C)CC(=O)Nc2ccc(Cl)c(C(F)(F)F)c2)c1. The van der Waals surface area contributed by atoms with Crippen LogP contribution in [-0.4, -0.2) is 42.8 Å². The van der Waals surface area contributed by atoms with Crippen molar-refractivity contribution in [1.82, 2.24) is 4.90 Å². The summed E-state index contributed by atoms with van der Waals surface area (Å²) in [5.41, 5.74) is 4.94. The number of carbonyl (C=O) groups is 3. The van der Waals surface area contributed by atoms with E-state index in [1.54, 1.807) is 19.1 Å². The van der Waals surface area contributed by atoms with Gasteiger partial charge in [-0.1, -0.05) is 17.7 Å². The number of benzene rings is 2.